The number of aromatic nitrogens is 3. The van der Waals surface area contributed by atoms with Crippen LogP contribution in [0.15, 0.2) is 34.2 Å². The molecule has 2 aromatic heterocycles. The number of carbonyl (C=O) groups excluding carboxylic acids is 1. The lowest BCUT2D eigenvalue weighted by molar-refractivity contribution is -0.120. The number of hydrogen-bond donors (Lipinski definition) is 1. The minimum Gasteiger partial charge on any atom is -0.411 e. The standard InChI is InChI=1S/C12H14N4O2S/c1-3-14-10(17)8(2)19-12-16-15-11(18-12)9-4-6-13-7-5-9/h4-8H,3H2,1-2H3,(H,14,17)/t8-/m1/s1. The van der Waals surface area contributed by atoms with Crippen molar-refractivity contribution in [2.75, 3.05) is 6.54 Å². The van der Waals surface area contributed by atoms with Gasteiger partial charge in [0, 0.05) is 24.5 Å². The quantitative estimate of drug-likeness (QED) is 0.839. The van der Waals surface area contributed by atoms with Crippen LogP contribution >= 0.6 is 11.8 Å². The van der Waals surface area contributed by atoms with E-state index >= 15 is 0 Å². The first kappa shape index (κ1) is 13.5. The minimum atomic E-state index is -0.273. The van der Waals surface area contributed by atoms with Gasteiger partial charge >= 0.3 is 0 Å². The molecule has 0 fully saturated rings. The normalized spacial score (nSPS) is 12.1. The highest BCUT2D eigenvalue weighted by atomic mass is 32.2. The zero-order valence-corrected chi connectivity index (χ0v) is 11.5. The number of rotatable bonds is 5. The van der Waals surface area contributed by atoms with Gasteiger partial charge in [-0.05, 0) is 26.0 Å². The van der Waals surface area contributed by atoms with E-state index in [4.69, 9.17) is 4.42 Å². The zero-order chi connectivity index (χ0) is 13.7. The Morgan fingerprint density at radius 3 is 2.84 bits per heavy atom. The SMILES string of the molecule is CCNC(=O)[C@@H](C)Sc1nnc(-c2ccncc2)o1. The second-order valence-electron chi connectivity index (χ2n) is 3.76. The molecule has 0 aliphatic heterocycles. The molecule has 0 radical (unpaired) electrons. The molecule has 0 unspecified atom stereocenters. The molecule has 0 saturated carbocycles. The zero-order valence-electron chi connectivity index (χ0n) is 10.7. The number of amides is 1. The van der Waals surface area contributed by atoms with Crippen molar-refractivity contribution in [1.82, 2.24) is 20.5 Å². The molecular formula is C12H14N4O2S. The van der Waals surface area contributed by atoms with Crippen LogP contribution in [0, 0.1) is 0 Å². The number of thioether (sulfide) groups is 1. The monoisotopic (exact) mass is 278 g/mol. The molecule has 1 amide bonds. The lowest BCUT2D eigenvalue weighted by atomic mass is 10.3. The summed E-state index contributed by atoms with van der Waals surface area (Å²) in [5, 5.41) is 10.7. The first-order valence-corrected chi connectivity index (χ1v) is 6.77. The number of carbonyl (C=O) groups is 1. The summed E-state index contributed by atoms with van der Waals surface area (Å²) in [7, 11) is 0. The predicted molar refractivity (Wildman–Crippen MR) is 71.5 cm³/mol. The van der Waals surface area contributed by atoms with E-state index in [0.717, 1.165) is 5.56 Å². The molecule has 2 aromatic rings. The molecule has 0 aromatic carbocycles. The first-order valence-electron chi connectivity index (χ1n) is 5.89. The van der Waals surface area contributed by atoms with Gasteiger partial charge in [-0.25, -0.2) is 0 Å². The van der Waals surface area contributed by atoms with Gasteiger partial charge in [0.2, 0.25) is 11.8 Å². The molecule has 0 spiro atoms. The van der Waals surface area contributed by atoms with E-state index in [9.17, 15) is 4.79 Å². The van der Waals surface area contributed by atoms with Crippen LogP contribution in [0.3, 0.4) is 0 Å². The van der Waals surface area contributed by atoms with Gasteiger partial charge in [0.05, 0.1) is 5.25 Å². The Morgan fingerprint density at radius 2 is 2.16 bits per heavy atom. The summed E-state index contributed by atoms with van der Waals surface area (Å²) in [4.78, 5) is 15.5. The fraction of sp³-hybridized carbons (Fsp3) is 0.333. The average Bonchev–Trinajstić information content (AvgIpc) is 2.88. The fourth-order valence-corrected chi connectivity index (χ4v) is 2.10. The Labute approximate surface area is 115 Å². The van der Waals surface area contributed by atoms with Crippen molar-refractivity contribution in [3.63, 3.8) is 0 Å². The van der Waals surface area contributed by atoms with Crippen LogP contribution in [-0.2, 0) is 4.79 Å². The molecule has 0 aliphatic rings. The fourth-order valence-electron chi connectivity index (χ4n) is 1.39. The molecule has 0 aliphatic carbocycles. The van der Waals surface area contributed by atoms with Gasteiger partial charge in [0.25, 0.3) is 5.22 Å². The molecule has 7 heteroatoms. The van der Waals surface area contributed by atoms with Crippen molar-refractivity contribution in [3.05, 3.63) is 24.5 Å². The molecule has 6 nitrogen and oxygen atoms in total. The van der Waals surface area contributed by atoms with Gasteiger partial charge in [0.1, 0.15) is 0 Å². The van der Waals surface area contributed by atoms with Crippen LogP contribution < -0.4 is 5.32 Å². The second kappa shape index (κ2) is 6.33. The summed E-state index contributed by atoms with van der Waals surface area (Å²) in [5.41, 5.74) is 0.806. The number of nitrogens with zero attached hydrogens (tertiary/aromatic N) is 3. The maximum absolute atomic E-state index is 11.6. The van der Waals surface area contributed by atoms with Crippen molar-refractivity contribution in [2.24, 2.45) is 0 Å². The molecule has 1 atom stereocenters. The van der Waals surface area contributed by atoms with E-state index in [1.807, 2.05) is 6.92 Å². The van der Waals surface area contributed by atoms with Crippen LogP contribution in [0.5, 0.6) is 0 Å². The van der Waals surface area contributed by atoms with Crippen molar-refractivity contribution in [1.29, 1.82) is 0 Å². The van der Waals surface area contributed by atoms with Crippen molar-refractivity contribution in [3.8, 4) is 11.5 Å². The Kier molecular flexibility index (Phi) is 4.51. The highest BCUT2D eigenvalue weighted by Gasteiger charge is 2.17. The van der Waals surface area contributed by atoms with E-state index < -0.39 is 0 Å². The molecule has 2 rings (SSSR count). The molecule has 0 saturated heterocycles. The highest BCUT2D eigenvalue weighted by Crippen LogP contribution is 2.25. The van der Waals surface area contributed by atoms with E-state index in [0.29, 0.717) is 17.7 Å². The number of hydrogen-bond acceptors (Lipinski definition) is 6. The van der Waals surface area contributed by atoms with E-state index in [1.54, 1.807) is 31.5 Å². The van der Waals surface area contributed by atoms with Crippen LogP contribution in [0.2, 0.25) is 0 Å². The molecule has 2 heterocycles. The Balaban J connectivity index is 2.04. The van der Waals surface area contributed by atoms with Crippen molar-refractivity contribution >= 4 is 17.7 Å². The third-order valence-corrected chi connectivity index (χ3v) is 3.27. The third kappa shape index (κ3) is 3.54. The molecule has 100 valence electrons. The minimum absolute atomic E-state index is 0.0452. The first-order chi connectivity index (χ1) is 9.20. The Hall–Kier alpha value is -1.89. The van der Waals surface area contributed by atoms with E-state index in [2.05, 4.69) is 20.5 Å². The van der Waals surface area contributed by atoms with Crippen LogP contribution in [0.1, 0.15) is 13.8 Å². The van der Waals surface area contributed by atoms with Gasteiger partial charge in [-0.2, -0.15) is 0 Å². The molecule has 0 bridgehead atoms. The maximum atomic E-state index is 11.6. The van der Waals surface area contributed by atoms with Gasteiger partial charge < -0.3 is 9.73 Å². The topological polar surface area (TPSA) is 80.9 Å². The molecular weight excluding hydrogens is 264 g/mol. The molecule has 1 N–H and O–H groups in total. The lowest BCUT2D eigenvalue weighted by Gasteiger charge is -2.07. The van der Waals surface area contributed by atoms with Crippen LogP contribution in [-0.4, -0.2) is 32.9 Å². The summed E-state index contributed by atoms with van der Waals surface area (Å²) in [5.74, 6) is 0.379. The predicted octanol–water partition coefficient (Wildman–Crippen LogP) is 1.75. The summed E-state index contributed by atoms with van der Waals surface area (Å²) >= 11 is 1.24. The summed E-state index contributed by atoms with van der Waals surface area (Å²) in [6.45, 7) is 4.28. The van der Waals surface area contributed by atoms with Crippen LogP contribution in [0.4, 0.5) is 0 Å². The molecule has 19 heavy (non-hydrogen) atoms. The average molecular weight is 278 g/mol. The van der Waals surface area contributed by atoms with Gasteiger partial charge in [-0.1, -0.05) is 11.8 Å². The number of nitrogens with one attached hydrogen (secondary N) is 1. The Morgan fingerprint density at radius 1 is 1.42 bits per heavy atom. The smallest absolute Gasteiger partial charge is 0.277 e. The summed E-state index contributed by atoms with van der Waals surface area (Å²) in [6.07, 6.45) is 3.31. The lowest BCUT2D eigenvalue weighted by Crippen LogP contribution is -2.30. The van der Waals surface area contributed by atoms with Gasteiger partial charge in [0.15, 0.2) is 0 Å². The number of pyridine rings is 1. The van der Waals surface area contributed by atoms with E-state index in [1.165, 1.54) is 11.8 Å². The highest BCUT2D eigenvalue weighted by molar-refractivity contribution is 8.00. The largest absolute Gasteiger partial charge is 0.411 e. The maximum Gasteiger partial charge on any atom is 0.277 e. The van der Waals surface area contributed by atoms with Gasteiger partial charge in [-0.3, -0.25) is 9.78 Å². The Bertz CT molecular complexity index is 544. The third-order valence-electron chi connectivity index (χ3n) is 2.33. The van der Waals surface area contributed by atoms with Crippen molar-refractivity contribution in [2.45, 2.75) is 24.3 Å². The van der Waals surface area contributed by atoms with Crippen LogP contribution in [0.25, 0.3) is 11.5 Å². The van der Waals surface area contributed by atoms with Gasteiger partial charge in [-0.15, -0.1) is 10.2 Å². The summed E-state index contributed by atoms with van der Waals surface area (Å²) in [6, 6.07) is 3.57. The second-order valence-corrected chi connectivity index (χ2v) is 5.06. The van der Waals surface area contributed by atoms with E-state index in [-0.39, 0.29) is 11.2 Å². The summed E-state index contributed by atoms with van der Waals surface area (Å²) < 4.78 is 5.50. The van der Waals surface area contributed by atoms with Crippen molar-refractivity contribution < 1.29 is 9.21 Å².